The maximum Gasteiger partial charge on any atom is 0.407 e. The zero-order valence-electron chi connectivity index (χ0n) is 20.2. The van der Waals surface area contributed by atoms with E-state index in [1.54, 1.807) is 0 Å². The van der Waals surface area contributed by atoms with Crippen molar-refractivity contribution in [1.29, 1.82) is 0 Å². The van der Waals surface area contributed by atoms with Gasteiger partial charge in [-0.05, 0) is 52.8 Å². The number of ether oxygens (including phenoxy) is 1. The van der Waals surface area contributed by atoms with Gasteiger partial charge in [0, 0.05) is 18.5 Å². The van der Waals surface area contributed by atoms with Crippen LogP contribution in [-0.2, 0) is 14.3 Å². The fraction of sp³-hybridized carbons (Fsp3) is 0.464. The number of hydrogen-bond acceptors (Lipinski definition) is 4. The van der Waals surface area contributed by atoms with Crippen molar-refractivity contribution in [3.05, 3.63) is 59.7 Å². The van der Waals surface area contributed by atoms with Crippen LogP contribution in [0.5, 0.6) is 0 Å². The molecular weight excluding hydrogens is 444 g/mol. The number of alkyl carbamates (subject to hydrolysis) is 1. The van der Waals surface area contributed by atoms with Gasteiger partial charge >= 0.3 is 12.1 Å². The number of benzene rings is 2. The highest BCUT2D eigenvalue weighted by Gasteiger charge is 2.65. The summed E-state index contributed by atoms with van der Waals surface area (Å²) < 4.78 is 5.67. The summed E-state index contributed by atoms with van der Waals surface area (Å²) in [7, 11) is 0. The van der Waals surface area contributed by atoms with Crippen LogP contribution in [0.25, 0.3) is 11.1 Å². The van der Waals surface area contributed by atoms with Crippen LogP contribution in [0, 0.1) is 16.7 Å². The molecule has 0 aromatic heterocycles. The van der Waals surface area contributed by atoms with Crippen LogP contribution in [0.1, 0.15) is 56.6 Å². The van der Waals surface area contributed by atoms with E-state index in [4.69, 9.17) is 9.84 Å². The molecule has 2 amide bonds. The van der Waals surface area contributed by atoms with E-state index in [0.29, 0.717) is 13.0 Å². The van der Waals surface area contributed by atoms with E-state index < -0.39 is 22.9 Å². The molecule has 0 bridgehead atoms. The summed E-state index contributed by atoms with van der Waals surface area (Å²) >= 11 is 0. The third kappa shape index (κ3) is 4.51. The SMILES string of the molecule is CC(C)(CNC(=O)C12CC(NC(=O)OCC3c4ccccc4-c4ccccc43)CC1C2)CC(=O)O. The van der Waals surface area contributed by atoms with Crippen LogP contribution in [0.2, 0.25) is 0 Å². The van der Waals surface area contributed by atoms with Crippen LogP contribution in [0.4, 0.5) is 4.79 Å². The van der Waals surface area contributed by atoms with Gasteiger partial charge in [-0.25, -0.2) is 4.79 Å². The second-order valence-electron chi connectivity index (χ2n) is 11.1. The molecule has 3 aliphatic carbocycles. The van der Waals surface area contributed by atoms with Gasteiger partial charge in [0.05, 0.1) is 11.8 Å². The third-order valence-corrected chi connectivity index (χ3v) is 7.89. The molecule has 7 nitrogen and oxygen atoms in total. The lowest BCUT2D eigenvalue weighted by molar-refractivity contribution is -0.139. The molecule has 2 aromatic rings. The van der Waals surface area contributed by atoms with Crippen LogP contribution in [0.15, 0.2) is 48.5 Å². The maximum atomic E-state index is 12.9. The van der Waals surface area contributed by atoms with Crippen molar-refractivity contribution < 1.29 is 24.2 Å². The van der Waals surface area contributed by atoms with Crippen molar-refractivity contribution in [3.8, 4) is 11.1 Å². The Kier molecular flexibility index (Phi) is 5.82. The van der Waals surface area contributed by atoms with Crippen molar-refractivity contribution in [1.82, 2.24) is 10.6 Å². The van der Waals surface area contributed by atoms with Crippen LogP contribution < -0.4 is 10.6 Å². The highest BCUT2D eigenvalue weighted by Crippen LogP contribution is 2.63. The molecule has 184 valence electrons. The number of fused-ring (bicyclic) bond motifs is 4. The highest BCUT2D eigenvalue weighted by atomic mass is 16.5. The van der Waals surface area contributed by atoms with E-state index in [1.807, 2.05) is 38.1 Å². The molecule has 35 heavy (non-hydrogen) atoms. The van der Waals surface area contributed by atoms with Crippen molar-refractivity contribution >= 4 is 18.0 Å². The van der Waals surface area contributed by atoms with E-state index in [1.165, 1.54) is 22.3 Å². The minimum atomic E-state index is -0.875. The van der Waals surface area contributed by atoms with Gasteiger partial charge in [0.25, 0.3) is 0 Å². The number of amides is 2. The fourth-order valence-corrected chi connectivity index (χ4v) is 6.06. The first-order valence-electron chi connectivity index (χ1n) is 12.3. The van der Waals surface area contributed by atoms with Gasteiger partial charge in [-0.2, -0.15) is 0 Å². The molecule has 3 unspecified atom stereocenters. The molecule has 0 saturated heterocycles. The Morgan fingerprint density at radius 3 is 2.29 bits per heavy atom. The third-order valence-electron chi connectivity index (χ3n) is 7.89. The highest BCUT2D eigenvalue weighted by molar-refractivity contribution is 5.87. The number of aliphatic carboxylic acids is 1. The Balaban J connectivity index is 1.14. The summed E-state index contributed by atoms with van der Waals surface area (Å²) in [4.78, 5) is 36.6. The second kappa shape index (κ2) is 8.70. The van der Waals surface area contributed by atoms with E-state index in [2.05, 4.69) is 34.9 Å². The lowest BCUT2D eigenvalue weighted by Gasteiger charge is -2.25. The lowest BCUT2D eigenvalue weighted by Crippen LogP contribution is -2.41. The summed E-state index contributed by atoms with van der Waals surface area (Å²) in [5.74, 6) is -0.641. The van der Waals surface area contributed by atoms with Gasteiger partial charge in [0.15, 0.2) is 0 Å². The molecule has 2 fully saturated rings. The van der Waals surface area contributed by atoms with Crippen LogP contribution in [0.3, 0.4) is 0 Å². The molecule has 0 spiro atoms. The molecule has 0 radical (unpaired) electrons. The average molecular weight is 477 g/mol. The predicted octanol–water partition coefficient (Wildman–Crippen LogP) is 4.31. The standard InChI is InChI=1S/C28H32N2O5/c1-27(2,14-24(31)32)16-29-25(33)28-12-17(28)11-18(13-28)30-26(34)35-15-23-21-9-5-3-7-19(21)20-8-4-6-10-22(20)23/h3-10,17-18,23H,11-16H2,1-2H3,(H,29,33)(H,30,34)(H,31,32). The topological polar surface area (TPSA) is 105 Å². The van der Waals surface area contributed by atoms with Gasteiger partial charge in [0.1, 0.15) is 6.61 Å². The van der Waals surface area contributed by atoms with Crippen molar-refractivity contribution in [2.45, 2.75) is 51.5 Å². The number of carbonyl (C=O) groups is 3. The molecule has 2 saturated carbocycles. The largest absolute Gasteiger partial charge is 0.481 e. The molecule has 3 aliphatic rings. The summed E-state index contributed by atoms with van der Waals surface area (Å²) in [6.07, 6.45) is 1.72. The van der Waals surface area contributed by atoms with Crippen LogP contribution >= 0.6 is 0 Å². The van der Waals surface area contributed by atoms with E-state index >= 15 is 0 Å². The number of rotatable bonds is 8. The Morgan fingerprint density at radius 2 is 1.66 bits per heavy atom. The Morgan fingerprint density at radius 1 is 1.03 bits per heavy atom. The summed E-state index contributed by atoms with van der Waals surface area (Å²) in [5.41, 5.74) is 3.76. The summed E-state index contributed by atoms with van der Waals surface area (Å²) in [6, 6.07) is 16.4. The first-order chi connectivity index (χ1) is 16.7. The minimum Gasteiger partial charge on any atom is -0.481 e. The molecular formula is C28H32N2O5. The quantitative estimate of drug-likeness (QED) is 0.527. The number of carboxylic acid groups (broad SMARTS) is 1. The van der Waals surface area contributed by atoms with Crippen molar-refractivity contribution in [2.24, 2.45) is 16.7 Å². The molecule has 0 heterocycles. The maximum absolute atomic E-state index is 12.9. The molecule has 3 N–H and O–H groups in total. The number of hydrogen-bond donors (Lipinski definition) is 3. The molecule has 2 aromatic carbocycles. The Hall–Kier alpha value is -3.35. The van der Waals surface area contributed by atoms with E-state index in [0.717, 1.165) is 12.8 Å². The van der Waals surface area contributed by atoms with Crippen LogP contribution in [-0.4, -0.2) is 42.3 Å². The van der Waals surface area contributed by atoms with Crippen molar-refractivity contribution in [2.75, 3.05) is 13.2 Å². The molecule has 7 heteroatoms. The van der Waals surface area contributed by atoms with Gasteiger partial charge < -0.3 is 20.5 Å². The number of carboxylic acids is 1. The normalized spacial score (nSPS) is 24.2. The molecule has 5 rings (SSSR count). The zero-order valence-corrected chi connectivity index (χ0v) is 20.2. The fourth-order valence-electron chi connectivity index (χ4n) is 6.06. The first-order valence-corrected chi connectivity index (χ1v) is 12.3. The van der Waals surface area contributed by atoms with Gasteiger partial charge in [0.2, 0.25) is 5.91 Å². The van der Waals surface area contributed by atoms with Gasteiger partial charge in [-0.1, -0.05) is 62.4 Å². The summed E-state index contributed by atoms with van der Waals surface area (Å²) in [6.45, 7) is 4.25. The Bertz CT molecular complexity index is 1130. The molecule has 0 aliphatic heterocycles. The minimum absolute atomic E-state index is 0.00429. The lowest BCUT2D eigenvalue weighted by atomic mass is 9.89. The Labute approximate surface area is 205 Å². The number of nitrogens with one attached hydrogen (secondary N) is 2. The first kappa shape index (κ1) is 23.4. The predicted molar refractivity (Wildman–Crippen MR) is 131 cm³/mol. The monoisotopic (exact) mass is 476 g/mol. The van der Waals surface area contributed by atoms with Crippen molar-refractivity contribution in [3.63, 3.8) is 0 Å². The number of carbonyl (C=O) groups excluding carboxylic acids is 2. The average Bonchev–Trinajstić information content (AvgIpc) is 3.24. The smallest absolute Gasteiger partial charge is 0.407 e. The zero-order chi connectivity index (χ0) is 24.8. The second-order valence-corrected chi connectivity index (χ2v) is 11.1. The van der Waals surface area contributed by atoms with Gasteiger partial charge in [-0.3, -0.25) is 9.59 Å². The van der Waals surface area contributed by atoms with Gasteiger partial charge in [-0.15, -0.1) is 0 Å². The van der Waals surface area contributed by atoms with E-state index in [-0.39, 0.29) is 36.8 Å². The summed E-state index contributed by atoms with van der Waals surface area (Å²) in [5, 5.41) is 15.0. The van der Waals surface area contributed by atoms with E-state index in [9.17, 15) is 14.4 Å². The molecule has 3 atom stereocenters.